The first-order valence-corrected chi connectivity index (χ1v) is 4.59. The molecule has 1 saturated heterocycles. The van der Waals surface area contributed by atoms with Crippen LogP contribution < -0.4 is 0 Å². The third-order valence-corrected chi connectivity index (χ3v) is 2.88. The summed E-state index contributed by atoms with van der Waals surface area (Å²) in [5, 5.41) is 9.21. The summed E-state index contributed by atoms with van der Waals surface area (Å²) in [6.45, 7) is 6.86. The minimum Gasteiger partial charge on any atom is -0.394 e. The molecular formula is C9H19NO. The van der Waals surface area contributed by atoms with Gasteiger partial charge in [0.05, 0.1) is 6.61 Å². The molecule has 1 aliphatic heterocycles. The molecule has 1 atom stereocenters. The maximum Gasteiger partial charge on any atom is 0.0612 e. The summed E-state index contributed by atoms with van der Waals surface area (Å²) >= 11 is 0. The zero-order chi connectivity index (χ0) is 8.32. The number of hydrogen-bond donors (Lipinski definition) is 1. The number of piperidine rings is 1. The van der Waals surface area contributed by atoms with Crippen LogP contribution in [0.25, 0.3) is 0 Å². The van der Waals surface area contributed by atoms with Crippen molar-refractivity contribution in [3.8, 4) is 0 Å². The molecule has 0 saturated carbocycles. The van der Waals surface area contributed by atoms with Gasteiger partial charge in [0, 0.05) is 5.54 Å². The van der Waals surface area contributed by atoms with E-state index in [1.54, 1.807) is 0 Å². The lowest BCUT2D eigenvalue weighted by Crippen LogP contribution is -2.51. The van der Waals surface area contributed by atoms with Gasteiger partial charge in [0.2, 0.25) is 0 Å². The van der Waals surface area contributed by atoms with Crippen LogP contribution in [0.3, 0.4) is 0 Å². The van der Waals surface area contributed by atoms with E-state index < -0.39 is 0 Å². The number of hydrogen-bond acceptors (Lipinski definition) is 2. The number of aliphatic hydroxyl groups is 1. The Morgan fingerprint density at radius 1 is 1.45 bits per heavy atom. The lowest BCUT2D eigenvalue weighted by Gasteiger charge is -2.43. The van der Waals surface area contributed by atoms with Crippen molar-refractivity contribution in [2.45, 2.75) is 38.6 Å². The standard InChI is InChI=1S/C9H19NO/c1-3-10-7-5-4-6-9(10,2)8-11/h11H,3-8H2,1-2H3. The molecule has 0 amide bonds. The fourth-order valence-electron chi connectivity index (χ4n) is 1.96. The molecule has 11 heavy (non-hydrogen) atoms. The van der Waals surface area contributed by atoms with Gasteiger partial charge in [0.15, 0.2) is 0 Å². The predicted molar refractivity (Wildman–Crippen MR) is 46.6 cm³/mol. The summed E-state index contributed by atoms with van der Waals surface area (Å²) in [6, 6.07) is 0. The molecule has 0 aromatic heterocycles. The summed E-state index contributed by atoms with van der Waals surface area (Å²) in [5.74, 6) is 0. The van der Waals surface area contributed by atoms with Gasteiger partial charge in [-0.2, -0.15) is 0 Å². The first-order chi connectivity index (χ1) is 5.23. The van der Waals surface area contributed by atoms with Crippen LogP contribution >= 0.6 is 0 Å². The molecule has 1 N–H and O–H groups in total. The van der Waals surface area contributed by atoms with E-state index >= 15 is 0 Å². The molecule has 0 radical (unpaired) electrons. The van der Waals surface area contributed by atoms with E-state index in [0.717, 1.165) is 19.5 Å². The summed E-state index contributed by atoms with van der Waals surface area (Å²) < 4.78 is 0. The van der Waals surface area contributed by atoms with Crippen LogP contribution in [0, 0.1) is 0 Å². The van der Waals surface area contributed by atoms with E-state index in [1.165, 1.54) is 12.8 Å². The summed E-state index contributed by atoms with van der Waals surface area (Å²) in [7, 11) is 0. The molecule has 1 fully saturated rings. The van der Waals surface area contributed by atoms with Crippen molar-refractivity contribution in [3.05, 3.63) is 0 Å². The molecule has 0 spiro atoms. The maximum absolute atomic E-state index is 9.21. The number of likely N-dealkylation sites (tertiary alicyclic amines) is 1. The predicted octanol–water partition coefficient (Wildman–Crippen LogP) is 1.24. The quantitative estimate of drug-likeness (QED) is 0.652. The maximum atomic E-state index is 9.21. The highest BCUT2D eigenvalue weighted by Gasteiger charge is 2.32. The Morgan fingerprint density at radius 2 is 2.18 bits per heavy atom. The van der Waals surface area contributed by atoms with E-state index in [9.17, 15) is 5.11 Å². The Bertz CT molecular complexity index is 127. The van der Waals surface area contributed by atoms with E-state index in [4.69, 9.17) is 0 Å². The monoisotopic (exact) mass is 157 g/mol. The van der Waals surface area contributed by atoms with E-state index in [2.05, 4.69) is 18.7 Å². The molecule has 2 nitrogen and oxygen atoms in total. The normalized spacial score (nSPS) is 34.1. The Hall–Kier alpha value is -0.0800. The Kier molecular flexibility index (Phi) is 2.90. The zero-order valence-electron chi connectivity index (χ0n) is 7.64. The molecule has 1 unspecified atom stereocenters. The minimum atomic E-state index is 0.0764. The molecule has 1 heterocycles. The molecular weight excluding hydrogens is 138 g/mol. The van der Waals surface area contributed by atoms with E-state index in [1.807, 2.05) is 0 Å². The second kappa shape index (κ2) is 3.55. The first-order valence-electron chi connectivity index (χ1n) is 4.59. The van der Waals surface area contributed by atoms with Crippen molar-refractivity contribution < 1.29 is 5.11 Å². The van der Waals surface area contributed by atoms with Crippen molar-refractivity contribution in [2.24, 2.45) is 0 Å². The smallest absolute Gasteiger partial charge is 0.0612 e. The summed E-state index contributed by atoms with van der Waals surface area (Å²) in [5.41, 5.74) is 0.0764. The van der Waals surface area contributed by atoms with Crippen molar-refractivity contribution >= 4 is 0 Å². The molecule has 0 aliphatic carbocycles. The second-order valence-electron chi connectivity index (χ2n) is 3.69. The highest BCUT2D eigenvalue weighted by Crippen LogP contribution is 2.26. The van der Waals surface area contributed by atoms with E-state index in [0.29, 0.717) is 6.61 Å². The van der Waals surface area contributed by atoms with Crippen LogP contribution in [0.2, 0.25) is 0 Å². The molecule has 0 bridgehead atoms. The van der Waals surface area contributed by atoms with Gasteiger partial charge in [-0.15, -0.1) is 0 Å². The lowest BCUT2D eigenvalue weighted by atomic mass is 9.89. The van der Waals surface area contributed by atoms with Gasteiger partial charge in [-0.05, 0) is 32.9 Å². The van der Waals surface area contributed by atoms with Crippen LogP contribution in [0.4, 0.5) is 0 Å². The van der Waals surface area contributed by atoms with Crippen LogP contribution in [-0.4, -0.2) is 35.2 Å². The van der Waals surface area contributed by atoms with Gasteiger partial charge < -0.3 is 5.11 Å². The highest BCUT2D eigenvalue weighted by molar-refractivity contribution is 4.88. The number of nitrogens with zero attached hydrogens (tertiary/aromatic N) is 1. The Labute approximate surface area is 69.2 Å². The largest absolute Gasteiger partial charge is 0.394 e. The van der Waals surface area contributed by atoms with Gasteiger partial charge >= 0.3 is 0 Å². The van der Waals surface area contributed by atoms with Crippen LogP contribution in [0.1, 0.15) is 33.1 Å². The van der Waals surface area contributed by atoms with Crippen molar-refractivity contribution in [2.75, 3.05) is 19.7 Å². The SMILES string of the molecule is CCN1CCCCC1(C)CO. The van der Waals surface area contributed by atoms with Crippen LogP contribution in [-0.2, 0) is 0 Å². The average Bonchev–Trinajstić information content (AvgIpc) is 2.05. The van der Waals surface area contributed by atoms with Gasteiger partial charge in [-0.3, -0.25) is 4.90 Å². The zero-order valence-corrected chi connectivity index (χ0v) is 7.64. The molecule has 0 aromatic rings. The summed E-state index contributed by atoms with van der Waals surface area (Å²) in [6.07, 6.45) is 3.72. The molecule has 2 heteroatoms. The first kappa shape index (κ1) is 9.01. The molecule has 1 rings (SSSR count). The fourth-order valence-corrected chi connectivity index (χ4v) is 1.96. The molecule has 0 aromatic carbocycles. The topological polar surface area (TPSA) is 23.5 Å². The van der Waals surface area contributed by atoms with Gasteiger partial charge in [-0.25, -0.2) is 0 Å². The third kappa shape index (κ3) is 1.74. The van der Waals surface area contributed by atoms with Crippen LogP contribution in [0.15, 0.2) is 0 Å². The van der Waals surface area contributed by atoms with Gasteiger partial charge in [-0.1, -0.05) is 13.3 Å². The number of rotatable bonds is 2. The average molecular weight is 157 g/mol. The third-order valence-electron chi connectivity index (χ3n) is 2.88. The van der Waals surface area contributed by atoms with Crippen molar-refractivity contribution in [1.82, 2.24) is 4.90 Å². The minimum absolute atomic E-state index is 0.0764. The lowest BCUT2D eigenvalue weighted by molar-refractivity contribution is 0.0164. The molecule has 66 valence electrons. The number of aliphatic hydroxyl groups excluding tert-OH is 1. The van der Waals surface area contributed by atoms with Gasteiger partial charge in [0.1, 0.15) is 0 Å². The van der Waals surface area contributed by atoms with E-state index in [-0.39, 0.29) is 5.54 Å². The van der Waals surface area contributed by atoms with Crippen LogP contribution in [0.5, 0.6) is 0 Å². The second-order valence-corrected chi connectivity index (χ2v) is 3.69. The number of likely N-dealkylation sites (N-methyl/N-ethyl adjacent to an activating group) is 1. The van der Waals surface area contributed by atoms with Crippen molar-refractivity contribution in [1.29, 1.82) is 0 Å². The Balaban J connectivity index is 2.57. The molecule has 1 aliphatic rings. The Morgan fingerprint density at radius 3 is 2.64 bits per heavy atom. The van der Waals surface area contributed by atoms with Crippen molar-refractivity contribution in [3.63, 3.8) is 0 Å². The summed E-state index contributed by atoms with van der Waals surface area (Å²) in [4.78, 5) is 2.39. The van der Waals surface area contributed by atoms with Gasteiger partial charge in [0.25, 0.3) is 0 Å². The fraction of sp³-hybridized carbons (Fsp3) is 1.00. The highest BCUT2D eigenvalue weighted by atomic mass is 16.3.